The normalized spacial score (nSPS) is 10.4. The highest BCUT2D eigenvalue weighted by Crippen LogP contribution is 2.23. The molecule has 0 atom stereocenters. The van der Waals surface area contributed by atoms with Gasteiger partial charge in [-0.05, 0) is 29.1 Å². The van der Waals surface area contributed by atoms with Crippen LogP contribution in [0.25, 0.3) is 10.8 Å². The van der Waals surface area contributed by atoms with E-state index >= 15 is 0 Å². The molecule has 5 heteroatoms. The summed E-state index contributed by atoms with van der Waals surface area (Å²) in [5.74, 6) is -0.126. The Bertz CT molecular complexity index is 930. The molecule has 0 radical (unpaired) electrons. The molecule has 0 fully saturated rings. The summed E-state index contributed by atoms with van der Waals surface area (Å²) in [6, 6.07) is 20.8. The summed E-state index contributed by atoms with van der Waals surface area (Å²) in [5.41, 5.74) is 2.34. The van der Waals surface area contributed by atoms with Crippen molar-refractivity contribution < 1.29 is 9.59 Å². The first-order chi connectivity index (χ1) is 12.6. The number of nitrogens with one attached hydrogen (secondary N) is 2. The van der Waals surface area contributed by atoms with E-state index in [1.54, 1.807) is 31.1 Å². The SMILES string of the molecule is CNC(=O)c1ccc(CN(C)C(=O)Nc2cccc3ccccc23)cc1. The minimum absolute atomic E-state index is 0.126. The van der Waals surface area contributed by atoms with Gasteiger partial charge in [0.15, 0.2) is 0 Å². The Morgan fingerprint density at radius 3 is 2.35 bits per heavy atom. The smallest absolute Gasteiger partial charge is 0.321 e. The maximum atomic E-state index is 12.5. The minimum atomic E-state index is -0.184. The molecule has 0 unspecified atom stereocenters. The Balaban J connectivity index is 1.69. The monoisotopic (exact) mass is 347 g/mol. The fourth-order valence-electron chi connectivity index (χ4n) is 2.80. The van der Waals surface area contributed by atoms with E-state index in [4.69, 9.17) is 0 Å². The van der Waals surface area contributed by atoms with Crippen LogP contribution in [0, 0.1) is 0 Å². The molecule has 0 saturated carbocycles. The van der Waals surface area contributed by atoms with Gasteiger partial charge in [0.2, 0.25) is 0 Å². The Kier molecular flexibility index (Phi) is 5.17. The molecule has 0 heterocycles. The standard InChI is InChI=1S/C21H21N3O2/c1-22-20(25)17-12-10-15(11-13-17)14-24(2)21(26)23-19-9-5-7-16-6-3-4-8-18(16)19/h3-13H,14H2,1-2H3,(H,22,25)(H,23,26). The van der Waals surface area contributed by atoms with E-state index in [1.807, 2.05) is 54.6 Å². The molecular formula is C21H21N3O2. The number of hydrogen-bond donors (Lipinski definition) is 2. The lowest BCUT2D eigenvalue weighted by Crippen LogP contribution is -2.30. The molecular weight excluding hydrogens is 326 g/mol. The lowest BCUT2D eigenvalue weighted by atomic mass is 10.1. The molecule has 0 aliphatic heterocycles. The molecule has 0 aromatic heterocycles. The van der Waals surface area contributed by atoms with Crippen molar-refractivity contribution in [2.24, 2.45) is 0 Å². The lowest BCUT2D eigenvalue weighted by molar-refractivity contribution is 0.0963. The summed E-state index contributed by atoms with van der Waals surface area (Å²) in [6.45, 7) is 0.449. The third-order valence-corrected chi connectivity index (χ3v) is 4.24. The van der Waals surface area contributed by atoms with Crippen LogP contribution in [0.1, 0.15) is 15.9 Å². The maximum absolute atomic E-state index is 12.5. The van der Waals surface area contributed by atoms with Gasteiger partial charge in [-0.15, -0.1) is 0 Å². The van der Waals surface area contributed by atoms with Crippen LogP contribution >= 0.6 is 0 Å². The van der Waals surface area contributed by atoms with Crippen LogP contribution in [0.2, 0.25) is 0 Å². The van der Waals surface area contributed by atoms with Gasteiger partial charge < -0.3 is 15.5 Å². The van der Waals surface area contributed by atoms with E-state index in [9.17, 15) is 9.59 Å². The van der Waals surface area contributed by atoms with Crippen molar-refractivity contribution in [2.75, 3.05) is 19.4 Å². The maximum Gasteiger partial charge on any atom is 0.321 e. The molecule has 0 aliphatic carbocycles. The molecule has 132 valence electrons. The molecule has 0 spiro atoms. The summed E-state index contributed by atoms with van der Waals surface area (Å²) in [7, 11) is 3.34. The second kappa shape index (κ2) is 7.70. The van der Waals surface area contributed by atoms with Gasteiger partial charge in [0.25, 0.3) is 5.91 Å². The van der Waals surface area contributed by atoms with E-state index in [0.29, 0.717) is 12.1 Å². The minimum Gasteiger partial charge on any atom is -0.355 e. The first kappa shape index (κ1) is 17.5. The average molecular weight is 347 g/mol. The highest BCUT2D eigenvalue weighted by molar-refractivity contribution is 6.01. The van der Waals surface area contributed by atoms with Crippen molar-refractivity contribution in [3.05, 3.63) is 77.9 Å². The van der Waals surface area contributed by atoms with Gasteiger partial charge in [-0.2, -0.15) is 0 Å². The predicted molar refractivity (Wildman–Crippen MR) is 104 cm³/mol. The zero-order valence-corrected chi connectivity index (χ0v) is 14.8. The van der Waals surface area contributed by atoms with Gasteiger partial charge in [-0.25, -0.2) is 4.79 Å². The molecule has 26 heavy (non-hydrogen) atoms. The number of carbonyl (C=O) groups excluding carboxylic acids is 2. The fraction of sp³-hybridized carbons (Fsp3) is 0.143. The number of carbonyl (C=O) groups is 2. The number of anilines is 1. The van der Waals surface area contributed by atoms with Crippen LogP contribution in [0.3, 0.4) is 0 Å². The van der Waals surface area contributed by atoms with Crippen molar-refractivity contribution >= 4 is 28.4 Å². The zero-order valence-electron chi connectivity index (χ0n) is 14.8. The number of fused-ring (bicyclic) bond motifs is 1. The van der Waals surface area contributed by atoms with Crippen LogP contribution < -0.4 is 10.6 Å². The largest absolute Gasteiger partial charge is 0.355 e. The Morgan fingerprint density at radius 2 is 1.62 bits per heavy atom. The van der Waals surface area contributed by atoms with E-state index in [1.165, 1.54) is 0 Å². The Labute approximate surface area is 152 Å². The second-order valence-corrected chi connectivity index (χ2v) is 6.09. The number of rotatable bonds is 4. The van der Waals surface area contributed by atoms with Crippen molar-refractivity contribution in [3.8, 4) is 0 Å². The lowest BCUT2D eigenvalue weighted by Gasteiger charge is -2.19. The third kappa shape index (κ3) is 3.83. The Hall–Kier alpha value is -3.34. The van der Waals surface area contributed by atoms with Gasteiger partial charge >= 0.3 is 6.03 Å². The van der Waals surface area contributed by atoms with Gasteiger partial charge in [0, 0.05) is 31.6 Å². The average Bonchev–Trinajstić information content (AvgIpc) is 2.68. The molecule has 3 aromatic carbocycles. The van der Waals surface area contributed by atoms with Crippen molar-refractivity contribution in [2.45, 2.75) is 6.54 Å². The van der Waals surface area contributed by atoms with Crippen LogP contribution in [-0.2, 0) is 6.54 Å². The quantitative estimate of drug-likeness (QED) is 0.753. The summed E-state index contributed by atoms with van der Waals surface area (Å²) in [5, 5.41) is 7.64. The van der Waals surface area contributed by atoms with Crippen LogP contribution in [-0.4, -0.2) is 30.9 Å². The highest BCUT2D eigenvalue weighted by atomic mass is 16.2. The number of amides is 3. The molecule has 0 aliphatic rings. The van der Waals surface area contributed by atoms with E-state index in [-0.39, 0.29) is 11.9 Å². The molecule has 0 saturated heterocycles. The number of urea groups is 1. The number of nitrogens with zero attached hydrogens (tertiary/aromatic N) is 1. The Morgan fingerprint density at radius 1 is 0.923 bits per heavy atom. The van der Waals surface area contributed by atoms with E-state index < -0.39 is 0 Å². The van der Waals surface area contributed by atoms with Crippen LogP contribution in [0.4, 0.5) is 10.5 Å². The second-order valence-electron chi connectivity index (χ2n) is 6.09. The summed E-state index contributed by atoms with van der Waals surface area (Å²) in [6.07, 6.45) is 0. The number of hydrogen-bond acceptors (Lipinski definition) is 2. The van der Waals surface area contributed by atoms with Crippen molar-refractivity contribution in [1.82, 2.24) is 10.2 Å². The molecule has 3 aromatic rings. The predicted octanol–water partition coefficient (Wildman–Crippen LogP) is 3.86. The van der Waals surface area contributed by atoms with Gasteiger partial charge in [-0.1, -0.05) is 48.5 Å². The van der Waals surface area contributed by atoms with Gasteiger partial charge in [0.05, 0.1) is 5.69 Å². The number of benzene rings is 3. The van der Waals surface area contributed by atoms with Crippen LogP contribution in [0.15, 0.2) is 66.7 Å². The zero-order chi connectivity index (χ0) is 18.5. The first-order valence-corrected chi connectivity index (χ1v) is 8.39. The first-order valence-electron chi connectivity index (χ1n) is 8.39. The highest BCUT2D eigenvalue weighted by Gasteiger charge is 2.11. The molecule has 0 bridgehead atoms. The van der Waals surface area contributed by atoms with Crippen molar-refractivity contribution in [3.63, 3.8) is 0 Å². The summed E-state index contributed by atoms with van der Waals surface area (Å²) < 4.78 is 0. The van der Waals surface area contributed by atoms with Crippen molar-refractivity contribution in [1.29, 1.82) is 0 Å². The van der Waals surface area contributed by atoms with E-state index in [0.717, 1.165) is 22.0 Å². The molecule has 3 rings (SSSR count). The summed E-state index contributed by atoms with van der Waals surface area (Å²) >= 11 is 0. The van der Waals surface area contributed by atoms with E-state index in [2.05, 4.69) is 10.6 Å². The fourth-order valence-corrected chi connectivity index (χ4v) is 2.80. The summed E-state index contributed by atoms with van der Waals surface area (Å²) in [4.78, 5) is 25.7. The molecule has 2 N–H and O–H groups in total. The topological polar surface area (TPSA) is 61.4 Å². The van der Waals surface area contributed by atoms with Gasteiger partial charge in [0.1, 0.15) is 0 Å². The van der Waals surface area contributed by atoms with Gasteiger partial charge in [-0.3, -0.25) is 4.79 Å². The van der Waals surface area contributed by atoms with Crippen LogP contribution in [0.5, 0.6) is 0 Å². The third-order valence-electron chi connectivity index (χ3n) is 4.24. The molecule has 5 nitrogen and oxygen atoms in total. The molecule has 3 amide bonds.